The molecule has 28 heavy (non-hydrogen) atoms. The molecule has 7 nitrogen and oxygen atoms in total. The molecule has 148 valence electrons. The van der Waals surface area contributed by atoms with Gasteiger partial charge in [0.25, 0.3) is 0 Å². The Labute approximate surface area is 168 Å². The van der Waals surface area contributed by atoms with Crippen molar-refractivity contribution in [3.05, 3.63) is 48.5 Å². The number of para-hydroxylation sites is 2. The monoisotopic (exact) mass is 418 g/mol. The maximum atomic E-state index is 12.3. The topological polar surface area (TPSA) is 84.3 Å². The van der Waals surface area contributed by atoms with E-state index >= 15 is 0 Å². The van der Waals surface area contributed by atoms with Crippen LogP contribution in [0.5, 0.6) is 0 Å². The SMILES string of the molecule is CCn1c(SCC(=O)Nc2ccc(S(=O)(=O)N(C)C)cc2)nc2ccccc21. The van der Waals surface area contributed by atoms with E-state index in [-0.39, 0.29) is 16.6 Å². The zero-order valence-electron chi connectivity index (χ0n) is 15.9. The van der Waals surface area contributed by atoms with Crippen LogP contribution in [-0.4, -0.2) is 48.0 Å². The lowest BCUT2D eigenvalue weighted by atomic mass is 10.3. The Hall–Kier alpha value is -2.36. The number of nitrogens with zero attached hydrogens (tertiary/aromatic N) is 3. The van der Waals surface area contributed by atoms with Gasteiger partial charge >= 0.3 is 0 Å². The molecule has 1 aromatic heterocycles. The molecular formula is C19H22N4O3S2. The van der Waals surface area contributed by atoms with Gasteiger partial charge in [0.15, 0.2) is 5.16 Å². The smallest absolute Gasteiger partial charge is 0.242 e. The van der Waals surface area contributed by atoms with Crippen molar-refractivity contribution in [2.45, 2.75) is 23.5 Å². The summed E-state index contributed by atoms with van der Waals surface area (Å²) < 4.78 is 27.4. The molecule has 3 rings (SSSR count). The lowest BCUT2D eigenvalue weighted by Crippen LogP contribution is -2.22. The number of carbonyl (C=O) groups excluding carboxylic acids is 1. The fourth-order valence-corrected chi connectivity index (χ4v) is 4.50. The summed E-state index contributed by atoms with van der Waals surface area (Å²) in [7, 11) is -0.527. The van der Waals surface area contributed by atoms with Crippen molar-refractivity contribution >= 4 is 44.4 Å². The van der Waals surface area contributed by atoms with Crippen LogP contribution >= 0.6 is 11.8 Å². The van der Waals surface area contributed by atoms with E-state index in [9.17, 15) is 13.2 Å². The summed E-state index contributed by atoms with van der Waals surface area (Å²) in [6.07, 6.45) is 0. The van der Waals surface area contributed by atoms with Crippen molar-refractivity contribution in [2.75, 3.05) is 25.2 Å². The van der Waals surface area contributed by atoms with E-state index in [4.69, 9.17) is 0 Å². The predicted octanol–water partition coefficient (Wildman–Crippen LogP) is 3.04. The van der Waals surface area contributed by atoms with Crippen LogP contribution in [0.25, 0.3) is 11.0 Å². The second kappa shape index (κ2) is 8.34. The largest absolute Gasteiger partial charge is 0.325 e. The molecule has 2 aromatic carbocycles. The molecule has 0 saturated heterocycles. The number of hydrogen-bond acceptors (Lipinski definition) is 5. The minimum atomic E-state index is -3.48. The number of aromatic nitrogens is 2. The molecule has 0 atom stereocenters. The molecule has 1 heterocycles. The summed E-state index contributed by atoms with van der Waals surface area (Å²) in [5, 5.41) is 3.58. The van der Waals surface area contributed by atoms with Gasteiger partial charge in [-0.3, -0.25) is 4.79 Å². The first kappa shape index (κ1) is 20.4. The molecule has 0 unspecified atom stereocenters. The number of hydrogen-bond donors (Lipinski definition) is 1. The zero-order chi connectivity index (χ0) is 20.3. The quantitative estimate of drug-likeness (QED) is 0.596. The van der Waals surface area contributed by atoms with E-state index < -0.39 is 10.0 Å². The van der Waals surface area contributed by atoms with Gasteiger partial charge in [0.1, 0.15) is 0 Å². The molecule has 0 aliphatic heterocycles. The van der Waals surface area contributed by atoms with Crippen LogP contribution in [0, 0.1) is 0 Å². The highest BCUT2D eigenvalue weighted by Crippen LogP contribution is 2.24. The average molecular weight is 419 g/mol. The van der Waals surface area contributed by atoms with Crippen LogP contribution in [0.4, 0.5) is 5.69 Å². The van der Waals surface area contributed by atoms with Gasteiger partial charge in [-0.15, -0.1) is 0 Å². The second-order valence-corrected chi connectivity index (χ2v) is 9.37. The lowest BCUT2D eigenvalue weighted by molar-refractivity contribution is -0.113. The summed E-state index contributed by atoms with van der Waals surface area (Å²) in [5.74, 6) is 0.0315. The van der Waals surface area contributed by atoms with Crippen LogP contribution < -0.4 is 5.32 Å². The molecule has 1 N–H and O–H groups in total. The van der Waals surface area contributed by atoms with E-state index in [1.54, 1.807) is 12.1 Å². The third kappa shape index (κ3) is 4.21. The highest BCUT2D eigenvalue weighted by atomic mass is 32.2. The first-order chi connectivity index (χ1) is 13.3. The number of rotatable bonds is 7. The number of amides is 1. The van der Waals surface area contributed by atoms with Crippen LogP contribution in [0.2, 0.25) is 0 Å². The van der Waals surface area contributed by atoms with Crippen molar-refractivity contribution in [2.24, 2.45) is 0 Å². The first-order valence-corrected chi connectivity index (χ1v) is 11.2. The van der Waals surface area contributed by atoms with Gasteiger partial charge in [0.05, 0.1) is 21.7 Å². The molecule has 0 radical (unpaired) electrons. The van der Waals surface area contributed by atoms with E-state index in [2.05, 4.69) is 14.9 Å². The molecule has 9 heteroatoms. The van der Waals surface area contributed by atoms with Gasteiger partial charge in [-0.05, 0) is 43.3 Å². The Bertz CT molecular complexity index is 1090. The van der Waals surface area contributed by atoms with E-state index in [0.717, 1.165) is 27.0 Å². The lowest BCUT2D eigenvalue weighted by Gasteiger charge is -2.12. The predicted molar refractivity (Wildman–Crippen MR) is 112 cm³/mol. The third-order valence-corrected chi connectivity index (χ3v) is 6.99. The Morgan fingerprint density at radius 1 is 1.14 bits per heavy atom. The van der Waals surface area contributed by atoms with E-state index in [1.807, 2.05) is 31.2 Å². The van der Waals surface area contributed by atoms with Gasteiger partial charge < -0.3 is 9.88 Å². The number of sulfonamides is 1. The molecule has 0 bridgehead atoms. The number of anilines is 1. The maximum absolute atomic E-state index is 12.3. The second-order valence-electron chi connectivity index (χ2n) is 6.28. The number of imidazole rings is 1. The first-order valence-electron chi connectivity index (χ1n) is 8.73. The van der Waals surface area contributed by atoms with Crippen molar-refractivity contribution < 1.29 is 13.2 Å². The van der Waals surface area contributed by atoms with Gasteiger partial charge in [-0.2, -0.15) is 0 Å². The van der Waals surface area contributed by atoms with E-state index in [1.165, 1.54) is 38.0 Å². The summed E-state index contributed by atoms with van der Waals surface area (Å²) in [6, 6.07) is 14.0. The number of nitrogens with one attached hydrogen (secondary N) is 1. The molecule has 3 aromatic rings. The Morgan fingerprint density at radius 3 is 2.46 bits per heavy atom. The number of fused-ring (bicyclic) bond motifs is 1. The molecule has 0 fully saturated rings. The molecule has 0 saturated carbocycles. The highest BCUT2D eigenvalue weighted by molar-refractivity contribution is 7.99. The third-order valence-electron chi connectivity index (χ3n) is 4.18. The van der Waals surface area contributed by atoms with Crippen LogP contribution in [0.15, 0.2) is 58.6 Å². The maximum Gasteiger partial charge on any atom is 0.242 e. The Morgan fingerprint density at radius 2 is 1.82 bits per heavy atom. The fourth-order valence-electron chi connectivity index (χ4n) is 2.72. The number of aryl methyl sites for hydroxylation is 1. The fraction of sp³-hybridized carbons (Fsp3) is 0.263. The number of carbonyl (C=O) groups is 1. The summed E-state index contributed by atoms with van der Waals surface area (Å²) in [4.78, 5) is 17.1. The Balaban J connectivity index is 1.65. The molecule has 0 aliphatic rings. The summed E-state index contributed by atoms with van der Waals surface area (Å²) in [6.45, 7) is 2.81. The zero-order valence-corrected chi connectivity index (χ0v) is 17.5. The molecule has 0 aliphatic carbocycles. The minimum Gasteiger partial charge on any atom is -0.325 e. The molecular weight excluding hydrogens is 396 g/mol. The summed E-state index contributed by atoms with van der Waals surface area (Å²) in [5.41, 5.74) is 2.50. The van der Waals surface area contributed by atoms with Gasteiger partial charge in [0, 0.05) is 26.3 Å². The summed E-state index contributed by atoms with van der Waals surface area (Å²) >= 11 is 1.37. The number of benzene rings is 2. The van der Waals surface area contributed by atoms with Crippen LogP contribution in [0.1, 0.15) is 6.92 Å². The van der Waals surface area contributed by atoms with Crippen LogP contribution in [0.3, 0.4) is 0 Å². The normalized spacial score (nSPS) is 11.9. The van der Waals surface area contributed by atoms with Crippen molar-refractivity contribution in [3.63, 3.8) is 0 Å². The number of thioether (sulfide) groups is 1. The molecule has 0 spiro atoms. The minimum absolute atomic E-state index is 0.178. The molecule has 1 amide bonds. The van der Waals surface area contributed by atoms with E-state index in [0.29, 0.717) is 5.69 Å². The standard InChI is InChI=1S/C19H22N4O3S2/c1-4-23-17-8-6-5-7-16(17)21-19(23)27-13-18(24)20-14-9-11-15(12-10-14)28(25,26)22(2)3/h5-12H,4,13H2,1-3H3,(H,20,24). The van der Waals surface area contributed by atoms with Gasteiger partial charge in [-0.25, -0.2) is 17.7 Å². The average Bonchev–Trinajstić information content (AvgIpc) is 3.04. The van der Waals surface area contributed by atoms with Crippen molar-refractivity contribution in [1.29, 1.82) is 0 Å². The van der Waals surface area contributed by atoms with Gasteiger partial charge in [-0.1, -0.05) is 23.9 Å². The highest BCUT2D eigenvalue weighted by Gasteiger charge is 2.17. The van der Waals surface area contributed by atoms with Crippen molar-refractivity contribution in [3.8, 4) is 0 Å². The van der Waals surface area contributed by atoms with Crippen LogP contribution in [-0.2, 0) is 21.4 Å². The van der Waals surface area contributed by atoms with Crippen molar-refractivity contribution in [1.82, 2.24) is 13.9 Å². The van der Waals surface area contributed by atoms with Gasteiger partial charge in [0.2, 0.25) is 15.9 Å². The Kier molecular flexibility index (Phi) is 6.07.